The lowest BCUT2D eigenvalue weighted by molar-refractivity contribution is -0.117. The van der Waals surface area contributed by atoms with Gasteiger partial charge in [0, 0.05) is 0 Å². The molecule has 116 valence electrons. The van der Waals surface area contributed by atoms with E-state index in [1.54, 1.807) is 18.2 Å². The smallest absolute Gasteiger partial charge is 0.282 e. The average Bonchev–Trinajstić information content (AvgIpc) is 2.86. The maximum Gasteiger partial charge on any atom is 0.282 e. The Labute approximate surface area is 134 Å². The summed E-state index contributed by atoms with van der Waals surface area (Å²) < 4.78 is 5.37. The van der Waals surface area contributed by atoms with Crippen molar-refractivity contribution in [1.82, 2.24) is 5.43 Å². The van der Waals surface area contributed by atoms with E-state index in [2.05, 4.69) is 5.43 Å². The van der Waals surface area contributed by atoms with Crippen LogP contribution in [-0.2, 0) is 9.59 Å². The summed E-state index contributed by atoms with van der Waals surface area (Å²) >= 11 is 0. The summed E-state index contributed by atoms with van der Waals surface area (Å²) in [7, 11) is 0. The van der Waals surface area contributed by atoms with Crippen LogP contribution in [0.25, 0.3) is 6.08 Å². The molecule has 1 aliphatic heterocycles. The zero-order valence-electron chi connectivity index (χ0n) is 12.7. The Bertz CT molecular complexity index is 752. The lowest BCUT2D eigenvalue weighted by atomic mass is 10.1. The van der Waals surface area contributed by atoms with Crippen LogP contribution in [0.3, 0.4) is 0 Å². The van der Waals surface area contributed by atoms with Crippen molar-refractivity contribution in [2.75, 3.05) is 11.6 Å². The number of nitrogens with one attached hydrogen (secondary N) is 1. The van der Waals surface area contributed by atoms with Crippen LogP contribution in [0.5, 0.6) is 5.75 Å². The highest BCUT2D eigenvalue weighted by molar-refractivity contribution is 6.31. The summed E-state index contributed by atoms with van der Waals surface area (Å²) in [6, 6.07) is 16.2. The number of ether oxygens (including phenoxy) is 1. The molecule has 0 bridgehead atoms. The lowest BCUT2D eigenvalue weighted by Crippen LogP contribution is -2.35. The molecule has 3 rings (SSSR count). The molecule has 2 aromatic rings. The van der Waals surface area contributed by atoms with Crippen LogP contribution in [0.15, 0.2) is 60.2 Å². The van der Waals surface area contributed by atoms with Gasteiger partial charge in [-0.05, 0) is 42.8 Å². The summed E-state index contributed by atoms with van der Waals surface area (Å²) in [6.45, 7) is 2.50. The molecule has 0 spiro atoms. The van der Waals surface area contributed by atoms with Crippen molar-refractivity contribution in [3.05, 3.63) is 65.7 Å². The number of benzene rings is 2. The molecule has 1 saturated heterocycles. The summed E-state index contributed by atoms with van der Waals surface area (Å²) in [5, 5.41) is 1.25. The average molecular weight is 308 g/mol. The van der Waals surface area contributed by atoms with Crippen LogP contribution in [-0.4, -0.2) is 18.4 Å². The van der Waals surface area contributed by atoms with Gasteiger partial charge in [0.1, 0.15) is 11.3 Å². The van der Waals surface area contributed by atoms with Crippen LogP contribution in [0.1, 0.15) is 12.5 Å². The summed E-state index contributed by atoms with van der Waals surface area (Å²) in [5.41, 5.74) is 4.07. The normalized spacial score (nSPS) is 15.9. The first kappa shape index (κ1) is 14.8. The first-order valence-corrected chi connectivity index (χ1v) is 7.34. The maximum absolute atomic E-state index is 12.4. The first-order valence-electron chi connectivity index (χ1n) is 7.34. The van der Waals surface area contributed by atoms with Gasteiger partial charge in [-0.1, -0.05) is 30.3 Å². The molecule has 0 saturated carbocycles. The summed E-state index contributed by atoms with van der Waals surface area (Å²) in [4.78, 5) is 24.5. The van der Waals surface area contributed by atoms with Gasteiger partial charge in [0.25, 0.3) is 11.8 Å². The number of hydrogen-bond acceptors (Lipinski definition) is 3. The number of para-hydroxylation sites is 1. The fourth-order valence-electron chi connectivity index (χ4n) is 2.31. The molecule has 5 nitrogen and oxygen atoms in total. The molecule has 1 fully saturated rings. The second-order valence-corrected chi connectivity index (χ2v) is 4.98. The van der Waals surface area contributed by atoms with Gasteiger partial charge in [-0.25, -0.2) is 5.01 Å². The number of amides is 2. The Morgan fingerprint density at radius 1 is 1.04 bits per heavy atom. The van der Waals surface area contributed by atoms with Crippen molar-refractivity contribution in [3.8, 4) is 5.75 Å². The Morgan fingerprint density at radius 3 is 2.39 bits per heavy atom. The third kappa shape index (κ3) is 3.08. The predicted molar refractivity (Wildman–Crippen MR) is 87.7 cm³/mol. The minimum atomic E-state index is -0.410. The van der Waals surface area contributed by atoms with E-state index in [4.69, 9.17) is 4.74 Å². The summed E-state index contributed by atoms with van der Waals surface area (Å²) in [5.74, 6) is -0.0226. The molecule has 2 amide bonds. The van der Waals surface area contributed by atoms with E-state index in [-0.39, 0.29) is 11.5 Å². The highest BCUT2D eigenvalue weighted by Gasteiger charge is 2.34. The Kier molecular flexibility index (Phi) is 4.10. The van der Waals surface area contributed by atoms with Gasteiger partial charge in [-0.2, -0.15) is 0 Å². The molecule has 2 aromatic carbocycles. The Morgan fingerprint density at radius 2 is 1.74 bits per heavy atom. The Hall–Kier alpha value is -3.08. The van der Waals surface area contributed by atoms with Crippen LogP contribution >= 0.6 is 0 Å². The molecule has 1 N–H and O–H groups in total. The standard InChI is InChI=1S/C18H16N2O3/c1-2-23-15-10-8-13(9-11-15)12-16-17(21)19-20(18(16)22)14-6-4-3-5-7-14/h3-12H,2H2,1H3,(H,19,21)/b16-12+. The number of hydrazine groups is 1. The number of carbonyl (C=O) groups excluding carboxylic acids is 2. The monoisotopic (exact) mass is 308 g/mol. The largest absolute Gasteiger partial charge is 0.494 e. The minimum Gasteiger partial charge on any atom is -0.494 e. The van der Waals surface area contributed by atoms with Crippen molar-refractivity contribution in [3.63, 3.8) is 0 Å². The molecule has 0 aromatic heterocycles. The zero-order chi connectivity index (χ0) is 16.2. The molecule has 0 unspecified atom stereocenters. The van der Waals surface area contributed by atoms with E-state index in [9.17, 15) is 9.59 Å². The predicted octanol–water partition coefficient (Wildman–Crippen LogP) is 2.55. The van der Waals surface area contributed by atoms with Crippen molar-refractivity contribution in [2.24, 2.45) is 0 Å². The number of anilines is 1. The first-order chi connectivity index (χ1) is 11.2. The van der Waals surface area contributed by atoms with E-state index in [1.807, 2.05) is 49.4 Å². The number of carbonyl (C=O) groups is 2. The van der Waals surface area contributed by atoms with E-state index in [1.165, 1.54) is 5.01 Å². The van der Waals surface area contributed by atoms with Crippen molar-refractivity contribution in [1.29, 1.82) is 0 Å². The van der Waals surface area contributed by atoms with Gasteiger partial charge in [0.2, 0.25) is 0 Å². The van der Waals surface area contributed by atoms with Gasteiger partial charge in [-0.3, -0.25) is 15.0 Å². The van der Waals surface area contributed by atoms with Crippen LogP contribution in [0, 0.1) is 0 Å². The van der Waals surface area contributed by atoms with E-state index >= 15 is 0 Å². The van der Waals surface area contributed by atoms with E-state index < -0.39 is 5.91 Å². The van der Waals surface area contributed by atoms with Gasteiger partial charge in [0.15, 0.2) is 0 Å². The summed E-state index contributed by atoms with van der Waals surface area (Å²) in [6.07, 6.45) is 1.58. The lowest BCUT2D eigenvalue weighted by Gasteiger charge is -2.13. The number of rotatable bonds is 4. The van der Waals surface area contributed by atoms with Gasteiger partial charge in [-0.15, -0.1) is 0 Å². The van der Waals surface area contributed by atoms with E-state index in [0.29, 0.717) is 12.3 Å². The molecule has 0 atom stereocenters. The van der Waals surface area contributed by atoms with Gasteiger partial charge >= 0.3 is 0 Å². The van der Waals surface area contributed by atoms with Crippen molar-refractivity contribution >= 4 is 23.6 Å². The van der Waals surface area contributed by atoms with Crippen LogP contribution < -0.4 is 15.2 Å². The van der Waals surface area contributed by atoms with Crippen molar-refractivity contribution in [2.45, 2.75) is 6.92 Å². The Balaban J connectivity index is 1.85. The number of nitrogens with zero attached hydrogens (tertiary/aromatic N) is 1. The maximum atomic E-state index is 12.4. The molecular weight excluding hydrogens is 292 g/mol. The molecule has 23 heavy (non-hydrogen) atoms. The molecule has 5 heteroatoms. The van der Waals surface area contributed by atoms with Gasteiger partial charge in [0.05, 0.1) is 12.3 Å². The highest BCUT2D eigenvalue weighted by Crippen LogP contribution is 2.21. The molecular formula is C18H16N2O3. The molecule has 0 aliphatic carbocycles. The highest BCUT2D eigenvalue weighted by atomic mass is 16.5. The van der Waals surface area contributed by atoms with Gasteiger partial charge < -0.3 is 4.74 Å². The fraction of sp³-hybridized carbons (Fsp3) is 0.111. The third-order valence-corrected chi connectivity index (χ3v) is 3.41. The molecule has 0 radical (unpaired) electrons. The third-order valence-electron chi connectivity index (χ3n) is 3.41. The molecule has 1 heterocycles. The fourth-order valence-corrected chi connectivity index (χ4v) is 2.31. The molecule has 1 aliphatic rings. The van der Waals surface area contributed by atoms with E-state index in [0.717, 1.165) is 11.3 Å². The SMILES string of the molecule is CCOc1ccc(/C=C2\C(=O)NN(c3ccccc3)C2=O)cc1. The zero-order valence-corrected chi connectivity index (χ0v) is 12.7. The van der Waals surface area contributed by atoms with Crippen LogP contribution in [0.4, 0.5) is 5.69 Å². The quantitative estimate of drug-likeness (QED) is 0.697. The second-order valence-electron chi connectivity index (χ2n) is 4.98. The number of hydrogen-bond donors (Lipinski definition) is 1. The van der Waals surface area contributed by atoms with Crippen molar-refractivity contribution < 1.29 is 14.3 Å². The minimum absolute atomic E-state index is 0.109. The second kappa shape index (κ2) is 6.36. The van der Waals surface area contributed by atoms with Crippen LogP contribution in [0.2, 0.25) is 0 Å². The topological polar surface area (TPSA) is 58.6 Å².